The van der Waals surface area contributed by atoms with Gasteiger partial charge in [0, 0.05) is 6.54 Å². The minimum Gasteiger partial charge on any atom is -0.481 e. The molecule has 2 aromatic rings. The molecule has 1 aromatic carbocycles. The molecule has 16 heavy (non-hydrogen) atoms. The standard InChI is InChI=1S/C12H14N2O2/c1-8-5-10-11(6-9(8)2)14(7-13-10)4-3-12(15)16/h5-7H,3-4H2,1-2H3,(H,15,16). The van der Waals surface area contributed by atoms with Gasteiger partial charge >= 0.3 is 5.97 Å². The van der Waals surface area contributed by atoms with E-state index in [2.05, 4.69) is 11.1 Å². The summed E-state index contributed by atoms with van der Waals surface area (Å²) < 4.78 is 1.88. The third-order valence-electron chi connectivity index (χ3n) is 2.80. The molecule has 0 saturated heterocycles. The number of carbonyl (C=O) groups is 1. The van der Waals surface area contributed by atoms with E-state index < -0.39 is 5.97 Å². The molecular weight excluding hydrogens is 204 g/mol. The molecule has 0 unspecified atom stereocenters. The summed E-state index contributed by atoms with van der Waals surface area (Å²) in [5.41, 5.74) is 4.33. The third-order valence-corrected chi connectivity index (χ3v) is 2.80. The fraction of sp³-hybridized carbons (Fsp3) is 0.333. The highest BCUT2D eigenvalue weighted by atomic mass is 16.4. The number of fused-ring (bicyclic) bond motifs is 1. The van der Waals surface area contributed by atoms with E-state index in [0.717, 1.165) is 11.0 Å². The summed E-state index contributed by atoms with van der Waals surface area (Å²) in [6.45, 7) is 4.56. The van der Waals surface area contributed by atoms with Crippen LogP contribution in [0.5, 0.6) is 0 Å². The summed E-state index contributed by atoms with van der Waals surface area (Å²) in [5.74, 6) is -0.786. The number of hydrogen-bond donors (Lipinski definition) is 1. The van der Waals surface area contributed by atoms with Gasteiger partial charge in [0.2, 0.25) is 0 Å². The number of carboxylic acids is 1. The average molecular weight is 218 g/mol. The van der Waals surface area contributed by atoms with Crippen molar-refractivity contribution in [3.8, 4) is 0 Å². The fourth-order valence-electron chi connectivity index (χ4n) is 1.71. The molecule has 0 spiro atoms. The van der Waals surface area contributed by atoms with E-state index in [1.54, 1.807) is 6.33 Å². The second-order valence-electron chi connectivity index (χ2n) is 4.01. The lowest BCUT2D eigenvalue weighted by atomic mass is 10.1. The molecule has 1 heterocycles. The van der Waals surface area contributed by atoms with E-state index in [4.69, 9.17) is 5.11 Å². The summed E-state index contributed by atoms with van der Waals surface area (Å²) in [6.07, 6.45) is 1.82. The second kappa shape index (κ2) is 3.96. The van der Waals surface area contributed by atoms with Crippen molar-refractivity contribution in [2.45, 2.75) is 26.8 Å². The zero-order chi connectivity index (χ0) is 11.7. The largest absolute Gasteiger partial charge is 0.481 e. The molecule has 0 atom stereocenters. The minimum atomic E-state index is -0.786. The van der Waals surface area contributed by atoms with Crippen molar-refractivity contribution < 1.29 is 9.90 Å². The van der Waals surface area contributed by atoms with Crippen molar-refractivity contribution in [3.05, 3.63) is 29.6 Å². The zero-order valence-corrected chi connectivity index (χ0v) is 9.40. The molecule has 1 N–H and O–H groups in total. The summed E-state index contributed by atoms with van der Waals surface area (Å²) in [6, 6.07) is 4.08. The molecule has 4 nitrogen and oxygen atoms in total. The molecule has 0 aliphatic rings. The fourth-order valence-corrected chi connectivity index (χ4v) is 1.71. The Balaban J connectivity index is 2.40. The van der Waals surface area contributed by atoms with Crippen LogP contribution in [0.2, 0.25) is 0 Å². The van der Waals surface area contributed by atoms with Crippen molar-refractivity contribution in [3.63, 3.8) is 0 Å². The van der Waals surface area contributed by atoms with Gasteiger partial charge in [-0.2, -0.15) is 0 Å². The predicted octanol–water partition coefficient (Wildman–Crippen LogP) is 2.13. The van der Waals surface area contributed by atoms with Crippen LogP contribution in [0.4, 0.5) is 0 Å². The highest BCUT2D eigenvalue weighted by molar-refractivity contribution is 5.77. The number of nitrogens with zero attached hydrogens (tertiary/aromatic N) is 2. The van der Waals surface area contributed by atoms with Gasteiger partial charge < -0.3 is 9.67 Å². The van der Waals surface area contributed by atoms with Gasteiger partial charge in [0.15, 0.2) is 0 Å². The lowest BCUT2D eigenvalue weighted by Gasteiger charge is -2.04. The number of imidazole rings is 1. The van der Waals surface area contributed by atoms with Crippen LogP contribution in [0, 0.1) is 13.8 Å². The monoisotopic (exact) mass is 218 g/mol. The van der Waals surface area contributed by atoms with Gasteiger partial charge in [-0.3, -0.25) is 4.79 Å². The Labute approximate surface area is 93.5 Å². The van der Waals surface area contributed by atoms with Crippen molar-refractivity contribution in [2.24, 2.45) is 0 Å². The molecule has 2 rings (SSSR count). The average Bonchev–Trinajstić information content (AvgIpc) is 2.58. The molecule has 0 fully saturated rings. The quantitative estimate of drug-likeness (QED) is 0.858. The van der Waals surface area contributed by atoms with Crippen molar-refractivity contribution in [1.82, 2.24) is 9.55 Å². The number of carboxylic acid groups (broad SMARTS) is 1. The SMILES string of the molecule is Cc1cc2ncn(CCC(=O)O)c2cc1C. The molecule has 0 aliphatic heterocycles. The first-order chi connectivity index (χ1) is 7.58. The minimum absolute atomic E-state index is 0.123. The zero-order valence-electron chi connectivity index (χ0n) is 9.40. The topological polar surface area (TPSA) is 55.1 Å². The molecule has 84 valence electrons. The van der Waals surface area contributed by atoms with Crippen LogP contribution in [0.3, 0.4) is 0 Å². The Hall–Kier alpha value is -1.84. The molecule has 0 bridgehead atoms. The highest BCUT2D eigenvalue weighted by Gasteiger charge is 2.06. The van der Waals surface area contributed by atoms with Crippen LogP contribution in [0.15, 0.2) is 18.5 Å². The van der Waals surface area contributed by atoms with Crippen LogP contribution in [0.25, 0.3) is 11.0 Å². The van der Waals surface area contributed by atoms with Crippen LogP contribution in [0.1, 0.15) is 17.5 Å². The number of aromatic nitrogens is 2. The third kappa shape index (κ3) is 1.91. The van der Waals surface area contributed by atoms with Gasteiger partial charge in [0.25, 0.3) is 0 Å². The van der Waals surface area contributed by atoms with Crippen LogP contribution < -0.4 is 0 Å². The maximum atomic E-state index is 10.5. The molecule has 4 heteroatoms. The van der Waals surface area contributed by atoms with Crippen LogP contribution >= 0.6 is 0 Å². The Kier molecular flexibility index (Phi) is 2.64. The summed E-state index contributed by atoms with van der Waals surface area (Å²) in [4.78, 5) is 14.8. The van der Waals surface area contributed by atoms with Crippen LogP contribution in [-0.2, 0) is 11.3 Å². The van der Waals surface area contributed by atoms with Gasteiger partial charge in [0.1, 0.15) is 0 Å². The molecule has 0 aliphatic carbocycles. The normalized spacial score (nSPS) is 10.9. The number of aryl methyl sites for hydroxylation is 3. The Morgan fingerprint density at radius 2 is 2.06 bits per heavy atom. The van der Waals surface area contributed by atoms with Gasteiger partial charge in [-0.15, -0.1) is 0 Å². The van der Waals surface area contributed by atoms with Gasteiger partial charge in [-0.1, -0.05) is 0 Å². The summed E-state index contributed by atoms with van der Waals surface area (Å²) in [5, 5.41) is 8.65. The van der Waals surface area contributed by atoms with Crippen LogP contribution in [-0.4, -0.2) is 20.6 Å². The van der Waals surface area contributed by atoms with Gasteiger partial charge in [-0.05, 0) is 37.1 Å². The molecule has 0 radical (unpaired) electrons. The second-order valence-corrected chi connectivity index (χ2v) is 4.01. The van der Waals surface area contributed by atoms with Crippen molar-refractivity contribution in [1.29, 1.82) is 0 Å². The van der Waals surface area contributed by atoms with E-state index in [1.165, 1.54) is 11.1 Å². The first kappa shape index (κ1) is 10.7. The van der Waals surface area contributed by atoms with Gasteiger partial charge in [-0.25, -0.2) is 4.98 Å². The molecular formula is C12H14N2O2. The Bertz CT molecular complexity index is 543. The smallest absolute Gasteiger partial charge is 0.305 e. The van der Waals surface area contributed by atoms with Gasteiger partial charge in [0.05, 0.1) is 23.8 Å². The first-order valence-corrected chi connectivity index (χ1v) is 5.22. The highest BCUT2D eigenvalue weighted by Crippen LogP contribution is 2.18. The van der Waals surface area contributed by atoms with E-state index in [1.807, 2.05) is 24.5 Å². The number of aliphatic carboxylic acids is 1. The summed E-state index contributed by atoms with van der Waals surface area (Å²) >= 11 is 0. The Morgan fingerprint density at radius 1 is 1.38 bits per heavy atom. The predicted molar refractivity (Wildman–Crippen MR) is 61.5 cm³/mol. The number of hydrogen-bond acceptors (Lipinski definition) is 2. The number of benzene rings is 1. The Morgan fingerprint density at radius 3 is 2.75 bits per heavy atom. The molecule has 0 saturated carbocycles. The van der Waals surface area contributed by atoms with Crippen molar-refractivity contribution >= 4 is 17.0 Å². The maximum absolute atomic E-state index is 10.5. The van der Waals surface area contributed by atoms with E-state index in [-0.39, 0.29) is 6.42 Å². The number of rotatable bonds is 3. The van der Waals surface area contributed by atoms with E-state index >= 15 is 0 Å². The maximum Gasteiger partial charge on any atom is 0.305 e. The molecule has 1 aromatic heterocycles. The van der Waals surface area contributed by atoms with Crippen molar-refractivity contribution in [2.75, 3.05) is 0 Å². The lowest BCUT2D eigenvalue weighted by molar-refractivity contribution is -0.137. The molecule has 0 amide bonds. The van der Waals surface area contributed by atoms with E-state index in [0.29, 0.717) is 6.54 Å². The lowest BCUT2D eigenvalue weighted by Crippen LogP contribution is -2.03. The first-order valence-electron chi connectivity index (χ1n) is 5.22. The summed E-state index contributed by atoms with van der Waals surface area (Å²) in [7, 11) is 0. The van der Waals surface area contributed by atoms with E-state index in [9.17, 15) is 4.79 Å².